The average Bonchev–Trinajstić information content (AvgIpc) is 2.39. The fourth-order valence-electron chi connectivity index (χ4n) is 1.94. The lowest BCUT2D eigenvalue weighted by atomic mass is 10.0. The molecule has 0 aliphatic carbocycles. The second-order valence-electron chi connectivity index (χ2n) is 4.71. The van der Waals surface area contributed by atoms with Crippen LogP contribution in [0.25, 0.3) is 0 Å². The van der Waals surface area contributed by atoms with Crippen molar-refractivity contribution < 1.29 is 9.53 Å². The molecule has 0 bridgehead atoms. The molecule has 5 nitrogen and oxygen atoms in total. The van der Waals surface area contributed by atoms with E-state index < -0.39 is 6.09 Å². The van der Waals surface area contributed by atoms with Gasteiger partial charge in [0, 0.05) is 6.54 Å². The first kappa shape index (κ1) is 13.4. The molecule has 1 aliphatic heterocycles. The molecule has 0 fully saturated rings. The predicted molar refractivity (Wildman–Crippen MR) is 74.0 cm³/mol. The second-order valence-corrected chi connectivity index (χ2v) is 4.71. The van der Waals surface area contributed by atoms with E-state index in [2.05, 4.69) is 27.8 Å². The summed E-state index contributed by atoms with van der Waals surface area (Å²) in [5, 5.41) is 5.84. The maximum atomic E-state index is 11.5. The number of ether oxygens (including phenoxy) is 1. The lowest BCUT2D eigenvalue weighted by Gasteiger charge is -2.25. The summed E-state index contributed by atoms with van der Waals surface area (Å²) in [6, 6.07) is 10.3. The molecule has 0 saturated carbocycles. The van der Waals surface area contributed by atoms with E-state index >= 15 is 0 Å². The van der Waals surface area contributed by atoms with Crippen molar-refractivity contribution in [2.75, 3.05) is 6.54 Å². The predicted octanol–water partition coefficient (Wildman–Crippen LogP) is 2.21. The molecule has 0 aromatic heterocycles. The molecule has 1 atom stereocenters. The van der Waals surface area contributed by atoms with Crippen LogP contribution in [0.15, 0.2) is 35.3 Å². The number of aliphatic imine (C=N–C) groups is 1. The van der Waals surface area contributed by atoms with E-state index in [1.165, 1.54) is 5.56 Å². The summed E-state index contributed by atoms with van der Waals surface area (Å²) in [4.78, 5) is 15.8. The standard InChI is InChI=1S/C14H19N3O2/c1-10(2)19-14(18)17-13-15-9-8-12(16-13)11-6-4-3-5-7-11/h3-7,10,12H,8-9H2,1-2H3,(H2,15,16,17,18). The SMILES string of the molecule is CC(C)OC(=O)NC1=NCCC(c2ccccc2)N1. The van der Waals surface area contributed by atoms with Crippen LogP contribution in [0.4, 0.5) is 4.79 Å². The van der Waals surface area contributed by atoms with Crippen LogP contribution in [-0.2, 0) is 4.74 Å². The zero-order valence-electron chi connectivity index (χ0n) is 11.2. The van der Waals surface area contributed by atoms with Crippen molar-refractivity contribution in [2.45, 2.75) is 32.4 Å². The minimum Gasteiger partial charge on any atom is -0.447 e. The summed E-state index contributed by atoms with van der Waals surface area (Å²) >= 11 is 0. The number of hydrogen-bond donors (Lipinski definition) is 2. The van der Waals surface area contributed by atoms with Crippen molar-refractivity contribution in [1.29, 1.82) is 0 Å². The lowest BCUT2D eigenvalue weighted by Crippen LogP contribution is -2.45. The van der Waals surface area contributed by atoms with Crippen LogP contribution in [0.1, 0.15) is 31.9 Å². The van der Waals surface area contributed by atoms with Gasteiger partial charge in [0.15, 0.2) is 0 Å². The third-order valence-electron chi connectivity index (χ3n) is 2.76. The molecule has 2 N–H and O–H groups in total. The van der Waals surface area contributed by atoms with E-state index in [1.807, 2.05) is 32.0 Å². The van der Waals surface area contributed by atoms with Gasteiger partial charge in [0.2, 0.25) is 5.96 Å². The zero-order valence-corrected chi connectivity index (χ0v) is 11.2. The van der Waals surface area contributed by atoms with Crippen LogP contribution in [0.3, 0.4) is 0 Å². The Hall–Kier alpha value is -2.04. The summed E-state index contributed by atoms with van der Waals surface area (Å²) in [5.41, 5.74) is 1.19. The van der Waals surface area contributed by atoms with E-state index in [9.17, 15) is 4.79 Å². The Labute approximate surface area is 113 Å². The van der Waals surface area contributed by atoms with E-state index in [0.29, 0.717) is 12.5 Å². The third-order valence-corrected chi connectivity index (χ3v) is 2.76. The van der Waals surface area contributed by atoms with Gasteiger partial charge in [-0.1, -0.05) is 30.3 Å². The Balaban J connectivity index is 1.94. The molecule has 0 saturated heterocycles. The van der Waals surface area contributed by atoms with Gasteiger partial charge in [-0.25, -0.2) is 4.79 Å². The highest BCUT2D eigenvalue weighted by Gasteiger charge is 2.19. The van der Waals surface area contributed by atoms with Crippen molar-refractivity contribution in [2.24, 2.45) is 4.99 Å². The molecule has 5 heteroatoms. The summed E-state index contributed by atoms with van der Waals surface area (Å²) < 4.78 is 5.02. The Kier molecular flexibility index (Phi) is 4.39. The van der Waals surface area contributed by atoms with Crippen LogP contribution >= 0.6 is 0 Å². The first-order valence-electron chi connectivity index (χ1n) is 6.48. The number of carbonyl (C=O) groups is 1. The van der Waals surface area contributed by atoms with Crippen LogP contribution in [0, 0.1) is 0 Å². The fraction of sp³-hybridized carbons (Fsp3) is 0.429. The molecule has 1 aromatic rings. The van der Waals surface area contributed by atoms with Gasteiger partial charge < -0.3 is 10.1 Å². The van der Waals surface area contributed by atoms with Crippen molar-refractivity contribution in [3.63, 3.8) is 0 Å². The summed E-state index contributed by atoms with van der Waals surface area (Å²) in [6.45, 7) is 4.30. The van der Waals surface area contributed by atoms with E-state index in [4.69, 9.17) is 4.74 Å². The molecule has 2 rings (SSSR count). The average molecular weight is 261 g/mol. The Morgan fingerprint density at radius 1 is 1.42 bits per heavy atom. The topological polar surface area (TPSA) is 62.7 Å². The smallest absolute Gasteiger partial charge is 0.414 e. The number of nitrogens with one attached hydrogen (secondary N) is 2. The number of amides is 1. The molecular formula is C14H19N3O2. The van der Waals surface area contributed by atoms with Gasteiger partial charge in [-0.3, -0.25) is 10.3 Å². The van der Waals surface area contributed by atoms with Crippen LogP contribution in [-0.4, -0.2) is 24.7 Å². The minimum absolute atomic E-state index is 0.144. The maximum Gasteiger partial charge on any atom is 0.414 e. The van der Waals surface area contributed by atoms with Gasteiger partial charge in [-0.15, -0.1) is 0 Å². The summed E-state index contributed by atoms with van der Waals surface area (Å²) in [7, 11) is 0. The molecular weight excluding hydrogens is 242 g/mol. The van der Waals surface area contributed by atoms with Crippen LogP contribution < -0.4 is 10.6 Å². The van der Waals surface area contributed by atoms with Gasteiger partial charge in [0.1, 0.15) is 0 Å². The Bertz CT molecular complexity index is 457. The molecule has 0 radical (unpaired) electrons. The quantitative estimate of drug-likeness (QED) is 0.858. The van der Waals surface area contributed by atoms with E-state index in [1.54, 1.807) is 0 Å². The van der Waals surface area contributed by atoms with Gasteiger partial charge >= 0.3 is 6.09 Å². The highest BCUT2D eigenvalue weighted by Crippen LogP contribution is 2.18. The molecule has 1 aliphatic rings. The molecule has 1 aromatic carbocycles. The second kappa shape index (κ2) is 6.22. The van der Waals surface area contributed by atoms with Crippen molar-refractivity contribution in [3.05, 3.63) is 35.9 Å². The number of hydrogen-bond acceptors (Lipinski definition) is 4. The third kappa shape index (κ3) is 3.98. The van der Waals surface area contributed by atoms with Gasteiger partial charge in [-0.2, -0.15) is 0 Å². The van der Waals surface area contributed by atoms with E-state index in [-0.39, 0.29) is 12.1 Å². The number of carbonyl (C=O) groups excluding carboxylic acids is 1. The number of guanidine groups is 1. The van der Waals surface area contributed by atoms with Crippen molar-refractivity contribution in [3.8, 4) is 0 Å². The molecule has 1 heterocycles. The highest BCUT2D eigenvalue weighted by molar-refractivity contribution is 5.94. The van der Waals surface area contributed by atoms with Crippen LogP contribution in [0.2, 0.25) is 0 Å². The van der Waals surface area contributed by atoms with Gasteiger partial charge in [0.05, 0.1) is 12.1 Å². The molecule has 102 valence electrons. The minimum atomic E-state index is -0.477. The first-order chi connectivity index (χ1) is 9.15. The largest absolute Gasteiger partial charge is 0.447 e. The Morgan fingerprint density at radius 2 is 2.16 bits per heavy atom. The lowest BCUT2D eigenvalue weighted by molar-refractivity contribution is 0.120. The van der Waals surface area contributed by atoms with Crippen LogP contribution in [0.5, 0.6) is 0 Å². The molecule has 19 heavy (non-hydrogen) atoms. The van der Waals surface area contributed by atoms with E-state index in [0.717, 1.165) is 6.42 Å². The number of alkyl carbamates (subject to hydrolysis) is 1. The normalized spacial score (nSPS) is 18.5. The van der Waals surface area contributed by atoms with Gasteiger partial charge in [0.25, 0.3) is 0 Å². The van der Waals surface area contributed by atoms with Crippen molar-refractivity contribution in [1.82, 2.24) is 10.6 Å². The molecule has 1 amide bonds. The first-order valence-corrected chi connectivity index (χ1v) is 6.48. The van der Waals surface area contributed by atoms with Gasteiger partial charge in [-0.05, 0) is 25.8 Å². The summed E-state index contributed by atoms with van der Waals surface area (Å²) in [6.07, 6.45) is 0.290. The molecule has 0 spiro atoms. The monoisotopic (exact) mass is 261 g/mol. The molecule has 1 unspecified atom stereocenters. The summed E-state index contributed by atoms with van der Waals surface area (Å²) in [5.74, 6) is 0.478. The number of benzene rings is 1. The fourth-order valence-corrected chi connectivity index (χ4v) is 1.94. The zero-order chi connectivity index (χ0) is 13.7. The number of nitrogens with zero attached hydrogens (tertiary/aromatic N) is 1. The number of rotatable bonds is 2. The Morgan fingerprint density at radius 3 is 2.84 bits per heavy atom. The maximum absolute atomic E-state index is 11.5. The van der Waals surface area contributed by atoms with Crippen molar-refractivity contribution >= 4 is 12.1 Å². The highest BCUT2D eigenvalue weighted by atomic mass is 16.6.